The van der Waals surface area contributed by atoms with Gasteiger partial charge in [0.25, 0.3) is 0 Å². The van der Waals surface area contributed by atoms with Gasteiger partial charge >= 0.3 is 0 Å². The monoisotopic (exact) mass is 477 g/mol. The summed E-state index contributed by atoms with van der Waals surface area (Å²) >= 11 is 0. The molecule has 8 nitrogen and oxygen atoms in total. The average Bonchev–Trinajstić information content (AvgIpc) is 3.07. The molecule has 1 saturated heterocycles. The highest BCUT2D eigenvalue weighted by Gasteiger charge is 2.24. The van der Waals surface area contributed by atoms with E-state index in [2.05, 4.69) is 40.5 Å². The fourth-order valence-electron chi connectivity index (χ4n) is 5.02. The maximum absolute atomic E-state index is 12.6. The van der Waals surface area contributed by atoms with Crippen LogP contribution in [0.25, 0.3) is 11.0 Å². The first-order valence-electron chi connectivity index (χ1n) is 11.9. The fourth-order valence-corrected chi connectivity index (χ4v) is 5.94. The van der Waals surface area contributed by atoms with Gasteiger partial charge in [-0.1, -0.05) is 13.8 Å². The molecule has 33 heavy (non-hydrogen) atoms. The summed E-state index contributed by atoms with van der Waals surface area (Å²) < 4.78 is 28.2. The van der Waals surface area contributed by atoms with Crippen LogP contribution in [-0.2, 0) is 27.8 Å². The molecule has 2 heterocycles. The number of imidazole rings is 1. The van der Waals surface area contributed by atoms with Gasteiger partial charge in [-0.3, -0.25) is 4.79 Å². The predicted molar refractivity (Wildman–Crippen MR) is 132 cm³/mol. The molecule has 1 aromatic carbocycles. The number of fused-ring (bicyclic) bond motifs is 1. The van der Waals surface area contributed by atoms with E-state index in [1.807, 2.05) is 6.92 Å². The molecule has 184 valence electrons. The fraction of sp³-hybridized carbons (Fsp3) is 0.667. The molecule has 1 aliphatic rings. The lowest BCUT2D eigenvalue weighted by Gasteiger charge is -2.36. The quantitative estimate of drug-likeness (QED) is 0.600. The highest BCUT2D eigenvalue weighted by molar-refractivity contribution is 7.89. The van der Waals surface area contributed by atoms with Gasteiger partial charge in [-0.15, -0.1) is 0 Å². The highest BCUT2D eigenvalue weighted by atomic mass is 32.2. The summed E-state index contributed by atoms with van der Waals surface area (Å²) in [6.07, 6.45) is 2.14. The second-order valence-corrected chi connectivity index (χ2v) is 12.0. The van der Waals surface area contributed by atoms with Crippen LogP contribution in [0.1, 0.15) is 46.4 Å². The number of hydrogen-bond acceptors (Lipinski definition) is 5. The minimum absolute atomic E-state index is 0.0196. The first-order chi connectivity index (χ1) is 15.5. The van der Waals surface area contributed by atoms with Gasteiger partial charge in [0.15, 0.2) is 0 Å². The van der Waals surface area contributed by atoms with Crippen LogP contribution >= 0.6 is 0 Å². The topological polar surface area (TPSA) is 87.5 Å². The van der Waals surface area contributed by atoms with E-state index in [0.29, 0.717) is 36.7 Å². The van der Waals surface area contributed by atoms with Crippen molar-refractivity contribution in [2.45, 2.75) is 64.4 Å². The highest BCUT2D eigenvalue weighted by Crippen LogP contribution is 2.23. The zero-order valence-electron chi connectivity index (χ0n) is 20.8. The van der Waals surface area contributed by atoms with Crippen LogP contribution in [0, 0.1) is 11.8 Å². The Morgan fingerprint density at radius 1 is 1.24 bits per heavy atom. The number of piperidine rings is 1. The number of aryl methyl sites for hydroxylation is 2. The van der Waals surface area contributed by atoms with Crippen LogP contribution in [-0.4, -0.2) is 72.9 Å². The van der Waals surface area contributed by atoms with E-state index >= 15 is 0 Å². The molecule has 1 N–H and O–H groups in total. The molecular formula is C24H39N5O3S. The van der Waals surface area contributed by atoms with Gasteiger partial charge in [0.05, 0.1) is 15.9 Å². The molecule has 0 saturated carbocycles. The van der Waals surface area contributed by atoms with Gasteiger partial charge in [-0.05, 0) is 50.3 Å². The normalized spacial score (nSPS) is 20.9. The number of benzene rings is 1. The number of likely N-dealkylation sites (tertiary alicyclic amines) is 1. The molecule has 1 amide bonds. The van der Waals surface area contributed by atoms with Crippen LogP contribution in [0.3, 0.4) is 0 Å². The molecule has 3 unspecified atom stereocenters. The molecule has 3 atom stereocenters. The van der Waals surface area contributed by atoms with Gasteiger partial charge in [0, 0.05) is 59.2 Å². The van der Waals surface area contributed by atoms with Gasteiger partial charge in [0.2, 0.25) is 15.9 Å². The van der Waals surface area contributed by atoms with Crippen LogP contribution < -0.4 is 5.32 Å². The smallest absolute Gasteiger partial charge is 0.242 e. The number of hydrogen-bond donors (Lipinski definition) is 1. The van der Waals surface area contributed by atoms with E-state index in [4.69, 9.17) is 0 Å². The molecule has 2 aromatic rings. The summed E-state index contributed by atoms with van der Waals surface area (Å²) in [4.78, 5) is 20.0. The van der Waals surface area contributed by atoms with E-state index < -0.39 is 10.0 Å². The third-order valence-corrected chi connectivity index (χ3v) is 8.16. The number of carbonyl (C=O) groups is 1. The minimum Gasteiger partial charge on any atom is -0.352 e. The first kappa shape index (κ1) is 25.6. The van der Waals surface area contributed by atoms with E-state index in [-0.39, 0.29) is 16.8 Å². The number of amides is 1. The molecule has 3 rings (SSSR count). The van der Waals surface area contributed by atoms with Crippen LogP contribution in [0.4, 0.5) is 0 Å². The van der Waals surface area contributed by atoms with Gasteiger partial charge in [-0.25, -0.2) is 17.7 Å². The summed E-state index contributed by atoms with van der Waals surface area (Å²) in [5.41, 5.74) is 1.52. The maximum Gasteiger partial charge on any atom is 0.242 e. The van der Waals surface area contributed by atoms with Crippen molar-refractivity contribution in [2.24, 2.45) is 11.8 Å². The van der Waals surface area contributed by atoms with Crippen LogP contribution in [0.5, 0.6) is 0 Å². The number of rotatable bonds is 9. The number of carbonyl (C=O) groups excluding carboxylic acids is 1. The molecule has 0 radical (unpaired) electrons. The Labute approximate surface area is 198 Å². The lowest BCUT2D eigenvalue weighted by Crippen LogP contribution is -2.47. The Hall–Kier alpha value is -1.97. The van der Waals surface area contributed by atoms with E-state index in [1.165, 1.54) is 24.8 Å². The number of nitrogens with one attached hydrogen (secondary N) is 1. The zero-order chi connectivity index (χ0) is 24.3. The second kappa shape index (κ2) is 10.5. The molecule has 1 aliphatic heterocycles. The van der Waals surface area contributed by atoms with Crippen molar-refractivity contribution in [2.75, 3.05) is 33.7 Å². The van der Waals surface area contributed by atoms with Crippen molar-refractivity contribution < 1.29 is 13.2 Å². The summed E-state index contributed by atoms with van der Waals surface area (Å²) in [6.45, 7) is 12.4. The summed E-state index contributed by atoms with van der Waals surface area (Å²) in [7, 11) is -0.490. The van der Waals surface area contributed by atoms with Crippen LogP contribution in [0.2, 0.25) is 0 Å². The second-order valence-electron chi connectivity index (χ2n) is 9.84. The van der Waals surface area contributed by atoms with Gasteiger partial charge < -0.3 is 14.8 Å². The van der Waals surface area contributed by atoms with E-state index in [9.17, 15) is 13.2 Å². The summed E-state index contributed by atoms with van der Waals surface area (Å²) in [5.74, 6) is 2.22. The molecule has 1 fully saturated rings. The third-order valence-electron chi connectivity index (χ3n) is 6.35. The molecule has 9 heteroatoms. The standard InChI is InChI=1S/C24H39N5O3S/c1-7-29-22-9-8-20(33(31,32)27(5)6)13-21(22)26-23(29)10-11-24(30)25-19(4)16-28-14-17(2)12-18(3)15-28/h8-9,13,17-19H,7,10-12,14-16H2,1-6H3,(H,25,30). The van der Waals surface area contributed by atoms with E-state index in [0.717, 1.165) is 31.0 Å². The number of aromatic nitrogens is 2. The summed E-state index contributed by atoms with van der Waals surface area (Å²) in [6, 6.07) is 5.13. The minimum atomic E-state index is -3.52. The van der Waals surface area contributed by atoms with E-state index in [1.54, 1.807) is 18.2 Å². The number of nitrogens with zero attached hydrogens (tertiary/aromatic N) is 4. The van der Waals surface area contributed by atoms with Crippen molar-refractivity contribution >= 4 is 27.0 Å². The SMILES string of the molecule is CCn1c(CCC(=O)NC(C)CN2CC(C)CC(C)C2)nc2cc(S(=O)(=O)N(C)C)ccc21. The average molecular weight is 478 g/mol. The van der Waals surface area contributed by atoms with Crippen LogP contribution in [0.15, 0.2) is 23.1 Å². The predicted octanol–water partition coefficient (Wildman–Crippen LogP) is 2.72. The zero-order valence-corrected chi connectivity index (χ0v) is 21.7. The van der Waals surface area contributed by atoms with Crippen molar-refractivity contribution in [3.8, 4) is 0 Å². The lowest BCUT2D eigenvalue weighted by atomic mass is 9.92. The molecule has 1 aromatic heterocycles. The lowest BCUT2D eigenvalue weighted by molar-refractivity contribution is -0.121. The third kappa shape index (κ3) is 6.13. The molecule has 0 bridgehead atoms. The number of sulfonamides is 1. The van der Waals surface area contributed by atoms with Gasteiger partial charge in [-0.2, -0.15) is 0 Å². The first-order valence-corrected chi connectivity index (χ1v) is 13.4. The molecular weight excluding hydrogens is 438 g/mol. The Kier molecular flexibility index (Phi) is 8.18. The van der Waals surface area contributed by atoms with Crippen molar-refractivity contribution in [1.29, 1.82) is 0 Å². The summed E-state index contributed by atoms with van der Waals surface area (Å²) in [5, 5.41) is 3.14. The Bertz CT molecular complexity index is 1070. The van der Waals surface area contributed by atoms with Crippen molar-refractivity contribution in [3.05, 3.63) is 24.0 Å². The maximum atomic E-state index is 12.6. The Morgan fingerprint density at radius 3 is 2.52 bits per heavy atom. The van der Waals surface area contributed by atoms with Crippen molar-refractivity contribution in [3.63, 3.8) is 0 Å². The van der Waals surface area contributed by atoms with Crippen molar-refractivity contribution in [1.82, 2.24) is 24.1 Å². The van der Waals surface area contributed by atoms with Gasteiger partial charge in [0.1, 0.15) is 5.82 Å². The Morgan fingerprint density at radius 2 is 1.91 bits per heavy atom. The Balaban J connectivity index is 1.63. The molecule has 0 spiro atoms. The molecule has 0 aliphatic carbocycles. The largest absolute Gasteiger partial charge is 0.352 e.